The molecule has 1 atom stereocenters. The maximum absolute atomic E-state index is 12.7. The molecule has 0 radical (unpaired) electrons. The van der Waals surface area contributed by atoms with Crippen LogP contribution in [0.3, 0.4) is 0 Å². The summed E-state index contributed by atoms with van der Waals surface area (Å²) in [6, 6.07) is 16.1. The van der Waals surface area contributed by atoms with Crippen LogP contribution in [0.2, 0.25) is 0 Å². The number of carbonyl (C=O) groups excluding carboxylic acids is 2. The average Bonchev–Trinajstić information content (AvgIpc) is 3.05. The van der Waals surface area contributed by atoms with E-state index in [1.54, 1.807) is 17.0 Å². The summed E-state index contributed by atoms with van der Waals surface area (Å²) in [6.07, 6.45) is 1.54. The van der Waals surface area contributed by atoms with Crippen molar-refractivity contribution in [2.75, 3.05) is 11.9 Å². The normalized spacial score (nSPS) is 17.1. The Labute approximate surface area is 143 Å². The van der Waals surface area contributed by atoms with Crippen molar-refractivity contribution in [1.82, 2.24) is 4.90 Å². The summed E-state index contributed by atoms with van der Waals surface area (Å²) in [5.74, 6) is -0.220. The quantitative estimate of drug-likeness (QED) is 0.892. The molecule has 1 aliphatic rings. The van der Waals surface area contributed by atoms with Gasteiger partial charge < -0.3 is 10.2 Å². The highest BCUT2D eigenvalue weighted by molar-refractivity contribution is 9.10. The van der Waals surface area contributed by atoms with Gasteiger partial charge in [-0.3, -0.25) is 9.59 Å². The number of anilines is 1. The minimum absolute atomic E-state index is 0.0942. The first-order valence-electron chi connectivity index (χ1n) is 7.57. The van der Waals surface area contributed by atoms with Crippen molar-refractivity contribution >= 4 is 33.4 Å². The first-order chi connectivity index (χ1) is 11.1. The highest BCUT2D eigenvalue weighted by Crippen LogP contribution is 2.22. The lowest BCUT2D eigenvalue weighted by atomic mass is 10.1. The van der Waals surface area contributed by atoms with Gasteiger partial charge in [-0.25, -0.2) is 0 Å². The molecule has 118 valence electrons. The molecule has 2 aromatic carbocycles. The fourth-order valence-electron chi connectivity index (χ4n) is 2.79. The van der Waals surface area contributed by atoms with Crippen LogP contribution in [-0.4, -0.2) is 29.3 Å². The number of halogens is 1. The molecule has 0 aromatic heterocycles. The first-order valence-corrected chi connectivity index (χ1v) is 8.37. The van der Waals surface area contributed by atoms with Crippen molar-refractivity contribution in [3.63, 3.8) is 0 Å². The Morgan fingerprint density at radius 1 is 1.04 bits per heavy atom. The van der Waals surface area contributed by atoms with E-state index in [9.17, 15) is 9.59 Å². The Bertz CT molecular complexity index is 701. The van der Waals surface area contributed by atoms with Crippen LogP contribution in [0.1, 0.15) is 23.2 Å². The van der Waals surface area contributed by atoms with Crippen molar-refractivity contribution < 1.29 is 9.59 Å². The van der Waals surface area contributed by atoms with Gasteiger partial charge in [0.05, 0.1) is 0 Å². The molecule has 2 aromatic rings. The van der Waals surface area contributed by atoms with Gasteiger partial charge in [0.25, 0.3) is 5.91 Å². The topological polar surface area (TPSA) is 49.4 Å². The Balaban J connectivity index is 1.73. The predicted molar refractivity (Wildman–Crippen MR) is 93.3 cm³/mol. The van der Waals surface area contributed by atoms with E-state index in [0.29, 0.717) is 18.5 Å². The number of nitrogens with zero attached hydrogens (tertiary/aromatic N) is 1. The van der Waals surface area contributed by atoms with Gasteiger partial charge in [-0.2, -0.15) is 0 Å². The minimum atomic E-state index is -0.411. The second-order valence-electron chi connectivity index (χ2n) is 5.52. The highest BCUT2D eigenvalue weighted by Gasteiger charge is 2.34. The van der Waals surface area contributed by atoms with Crippen LogP contribution < -0.4 is 5.32 Å². The molecule has 1 saturated heterocycles. The highest BCUT2D eigenvalue weighted by atomic mass is 79.9. The van der Waals surface area contributed by atoms with Crippen molar-refractivity contribution in [3.05, 3.63) is 64.6 Å². The van der Waals surface area contributed by atoms with Gasteiger partial charge in [0, 0.05) is 22.3 Å². The molecule has 2 amide bonds. The Morgan fingerprint density at radius 3 is 2.43 bits per heavy atom. The van der Waals surface area contributed by atoms with Crippen molar-refractivity contribution in [3.8, 4) is 0 Å². The molecular formula is C18H17BrN2O2. The van der Waals surface area contributed by atoms with Crippen LogP contribution >= 0.6 is 15.9 Å². The molecule has 0 spiro atoms. The number of para-hydroxylation sites is 1. The lowest BCUT2D eigenvalue weighted by Crippen LogP contribution is -2.43. The molecule has 1 unspecified atom stereocenters. The lowest BCUT2D eigenvalue weighted by Gasteiger charge is -2.24. The molecule has 1 aliphatic heterocycles. The lowest BCUT2D eigenvalue weighted by molar-refractivity contribution is -0.119. The van der Waals surface area contributed by atoms with E-state index in [1.807, 2.05) is 42.5 Å². The molecule has 3 rings (SSSR count). The van der Waals surface area contributed by atoms with Crippen LogP contribution in [0.25, 0.3) is 0 Å². The number of hydrogen-bond donors (Lipinski definition) is 1. The molecule has 0 saturated carbocycles. The van der Waals surface area contributed by atoms with Crippen LogP contribution in [0.15, 0.2) is 59.1 Å². The average molecular weight is 373 g/mol. The first kappa shape index (κ1) is 15.7. The van der Waals surface area contributed by atoms with Gasteiger partial charge >= 0.3 is 0 Å². The van der Waals surface area contributed by atoms with E-state index in [0.717, 1.165) is 16.6 Å². The standard InChI is InChI=1S/C18H17BrN2O2/c19-14-10-8-13(9-11-14)18(23)21-12-4-7-16(21)17(22)20-15-5-2-1-3-6-15/h1-3,5-6,8-11,16H,4,7,12H2,(H,20,22). The van der Waals surface area contributed by atoms with E-state index in [1.165, 1.54) is 0 Å². The maximum atomic E-state index is 12.7. The summed E-state index contributed by atoms with van der Waals surface area (Å²) in [6.45, 7) is 0.613. The largest absolute Gasteiger partial charge is 0.327 e. The van der Waals surface area contributed by atoms with Gasteiger partial charge in [-0.1, -0.05) is 34.1 Å². The summed E-state index contributed by atoms with van der Waals surface area (Å²) in [5.41, 5.74) is 1.35. The number of rotatable bonds is 3. The Kier molecular flexibility index (Phi) is 4.76. The summed E-state index contributed by atoms with van der Waals surface area (Å²) in [4.78, 5) is 26.8. The van der Waals surface area contributed by atoms with Crippen molar-refractivity contribution in [2.45, 2.75) is 18.9 Å². The van der Waals surface area contributed by atoms with Crippen molar-refractivity contribution in [1.29, 1.82) is 0 Å². The van der Waals surface area contributed by atoms with Gasteiger partial charge in [-0.15, -0.1) is 0 Å². The molecule has 0 aliphatic carbocycles. The number of hydrogen-bond acceptors (Lipinski definition) is 2. The molecule has 1 heterocycles. The zero-order valence-corrected chi connectivity index (χ0v) is 14.1. The van der Waals surface area contributed by atoms with Gasteiger partial charge in [0.1, 0.15) is 6.04 Å². The fourth-order valence-corrected chi connectivity index (χ4v) is 3.05. The minimum Gasteiger partial charge on any atom is -0.327 e. The number of benzene rings is 2. The van der Waals surface area contributed by atoms with Crippen molar-refractivity contribution in [2.24, 2.45) is 0 Å². The molecule has 1 N–H and O–H groups in total. The predicted octanol–water partition coefficient (Wildman–Crippen LogP) is 3.69. The third-order valence-electron chi connectivity index (χ3n) is 3.95. The summed E-state index contributed by atoms with van der Waals surface area (Å²) < 4.78 is 0.925. The third kappa shape index (κ3) is 3.62. The Hall–Kier alpha value is -2.14. The molecule has 5 heteroatoms. The Morgan fingerprint density at radius 2 is 1.74 bits per heavy atom. The number of likely N-dealkylation sites (tertiary alicyclic amines) is 1. The SMILES string of the molecule is O=C(Nc1ccccc1)C1CCCN1C(=O)c1ccc(Br)cc1. The molecule has 23 heavy (non-hydrogen) atoms. The van der Waals surface area contributed by atoms with Gasteiger partial charge in [0.15, 0.2) is 0 Å². The van der Waals surface area contributed by atoms with Gasteiger partial charge in [0.2, 0.25) is 5.91 Å². The third-order valence-corrected chi connectivity index (χ3v) is 4.48. The van der Waals surface area contributed by atoms with Crippen LogP contribution in [0, 0.1) is 0 Å². The second kappa shape index (κ2) is 6.96. The summed E-state index contributed by atoms with van der Waals surface area (Å²) in [7, 11) is 0. The van der Waals surface area contributed by atoms with E-state index in [4.69, 9.17) is 0 Å². The molecular weight excluding hydrogens is 356 g/mol. The van der Waals surface area contributed by atoms with Gasteiger partial charge in [-0.05, 0) is 49.2 Å². The maximum Gasteiger partial charge on any atom is 0.254 e. The van der Waals surface area contributed by atoms with E-state index >= 15 is 0 Å². The molecule has 0 bridgehead atoms. The number of carbonyl (C=O) groups is 2. The number of nitrogens with one attached hydrogen (secondary N) is 1. The van der Waals surface area contributed by atoms with E-state index in [2.05, 4.69) is 21.2 Å². The summed E-state index contributed by atoms with van der Waals surface area (Å²) >= 11 is 3.36. The van der Waals surface area contributed by atoms with Crippen LogP contribution in [0.4, 0.5) is 5.69 Å². The monoisotopic (exact) mass is 372 g/mol. The van der Waals surface area contributed by atoms with E-state index in [-0.39, 0.29) is 11.8 Å². The molecule has 1 fully saturated rings. The van der Waals surface area contributed by atoms with Crippen LogP contribution in [0.5, 0.6) is 0 Å². The number of amides is 2. The zero-order chi connectivity index (χ0) is 16.2. The molecule has 4 nitrogen and oxygen atoms in total. The zero-order valence-electron chi connectivity index (χ0n) is 12.5. The van der Waals surface area contributed by atoms with Crippen LogP contribution in [-0.2, 0) is 4.79 Å². The fraction of sp³-hybridized carbons (Fsp3) is 0.222. The van der Waals surface area contributed by atoms with E-state index < -0.39 is 6.04 Å². The smallest absolute Gasteiger partial charge is 0.254 e. The summed E-state index contributed by atoms with van der Waals surface area (Å²) in [5, 5.41) is 2.89. The second-order valence-corrected chi connectivity index (χ2v) is 6.43.